The third kappa shape index (κ3) is 2.66. The minimum absolute atomic E-state index is 0.248. The van der Waals surface area contributed by atoms with Crippen molar-refractivity contribution in [3.05, 3.63) is 39.2 Å². The molecular weight excluding hydrogens is 304 g/mol. The zero-order valence-electron chi connectivity index (χ0n) is 11.7. The topological polar surface area (TPSA) is 87.0 Å². The van der Waals surface area contributed by atoms with E-state index in [9.17, 15) is 10.1 Å². The second-order valence-corrected chi connectivity index (χ2v) is 6.44. The van der Waals surface area contributed by atoms with Gasteiger partial charge in [-0.15, -0.1) is 10.2 Å². The van der Waals surface area contributed by atoms with Gasteiger partial charge in [-0.05, 0) is 43.2 Å². The number of nitro groups is 1. The van der Waals surface area contributed by atoms with E-state index in [2.05, 4.69) is 14.8 Å². The molecule has 0 aromatic carbocycles. The molecule has 0 bridgehead atoms. The van der Waals surface area contributed by atoms with Gasteiger partial charge in [0.1, 0.15) is 16.5 Å². The highest BCUT2D eigenvalue weighted by atomic mass is 32.2. The summed E-state index contributed by atoms with van der Waals surface area (Å²) in [5.74, 6) is 1.91. The van der Waals surface area contributed by atoms with Gasteiger partial charge in [0.2, 0.25) is 0 Å². The predicted molar refractivity (Wildman–Crippen MR) is 80.5 cm³/mol. The minimum atomic E-state index is -0.546. The number of furan rings is 1. The first-order chi connectivity index (χ1) is 10.7. The molecule has 2 heterocycles. The van der Waals surface area contributed by atoms with E-state index >= 15 is 0 Å². The Kier molecular flexibility index (Phi) is 3.25. The van der Waals surface area contributed by atoms with Crippen molar-refractivity contribution in [2.75, 3.05) is 0 Å². The molecule has 2 fully saturated rings. The molecule has 2 aromatic rings. The lowest BCUT2D eigenvalue weighted by Gasteiger charge is -2.05. The highest BCUT2D eigenvalue weighted by Gasteiger charge is 2.36. The van der Waals surface area contributed by atoms with Gasteiger partial charge in [0.15, 0.2) is 5.16 Å². The Labute approximate surface area is 130 Å². The Balaban J connectivity index is 1.49. The lowest BCUT2D eigenvalue weighted by atomic mass is 10.4. The van der Waals surface area contributed by atoms with E-state index in [0.717, 1.165) is 11.0 Å². The molecule has 0 atom stereocenters. The summed E-state index contributed by atoms with van der Waals surface area (Å²) < 4.78 is 7.35. The molecule has 0 radical (unpaired) electrons. The van der Waals surface area contributed by atoms with Crippen LogP contribution in [0.1, 0.15) is 49.2 Å². The quantitative estimate of drug-likeness (QED) is 0.458. The van der Waals surface area contributed by atoms with E-state index in [4.69, 9.17) is 4.42 Å². The Morgan fingerprint density at radius 3 is 2.77 bits per heavy atom. The highest BCUT2D eigenvalue weighted by Crippen LogP contribution is 2.46. The normalized spacial score (nSPS) is 18.2. The molecular formula is C14H14N4O3S. The molecule has 114 valence electrons. The Morgan fingerprint density at radius 1 is 1.32 bits per heavy atom. The monoisotopic (exact) mass is 318 g/mol. The fourth-order valence-corrected chi connectivity index (χ4v) is 3.12. The predicted octanol–water partition coefficient (Wildman–Crippen LogP) is 3.75. The zero-order valence-corrected chi connectivity index (χ0v) is 12.5. The smallest absolute Gasteiger partial charge is 0.401 e. The van der Waals surface area contributed by atoms with Gasteiger partial charge in [-0.1, -0.05) is 11.8 Å². The van der Waals surface area contributed by atoms with Gasteiger partial charge in [0, 0.05) is 12.0 Å². The molecule has 2 aromatic heterocycles. The van der Waals surface area contributed by atoms with Crippen LogP contribution in [-0.4, -0.2) is 19.7 Å². The maximum Gasteiger partial charge on any atom is 0.433 e. The molecule has 0 N–H and O–H groups in total. The van der Waals surface area contributed by atoms with Gasteiger partial charge in [-0.2, -0.15) is 0 Å². The van der Waals surface area contributed by atoms with E-state index < -0.39 is 4.92 Å². The maximum atomic E-state index is 10.6. The van der Waals surface area contributed by atoms with Crippen molar-refractivity contribution in [2.24, 2.45) is 0 Å². The summed E-state index contributed by atoms with van der Waals surface area (Å²) in [5, 5.41) is 21.9. The largest absolute Gasteiger partial charge is 0.433 e. The number of nitrogens with zero attached hydrogens (tertiary/aromatic N) is 4. The molecule has 0 unspecified atom stereocenters. The first kappa shape index (κ1) is 13.6. The van der Waals surface area contributed by atoms with Crippen LogP contribution in [-0.2, 0) is 0 Å². The van der Waals surface area contributed by atoms with Crippen LogP contribution in [0.4, 0.5) is 5.88 Å². The van der Waals surface area contributed by atoms with Gasteiger partial charge in [0.05, 0.1) is 6.07 Å². The van der Waals surface area contributed by atoms with Crippen molar-refractivity contribution in [3.63, 3.8) is 0 Å². The van der Waals surface area contributed by atoms with E-state index in [-0.39, 0.29) is 5.88 Å². The summed E-state index contributed by atoms with van der Waals surface area (Å²) in [4.78, 5) is 10.0. The van der Waals surface area contributed by atoms with Crippen LogP contribution in [0, 0.1) is 10.1 Å². The first-order valence-electron chi connectivity index (χ1n) is 7.24. The van der Waals surface area contributed by atoms with E-state index in [1.54, 1.807) is 12.1 Å². The molecule has 0 saturated heterocycles. The number of aromatic nitrogens is 3. The van der Waals surface area contributed by atoms with Crippen molar-refractivity contribution >= 4 is 23.7 Å². The number of thioether (sulfide) groups is 1. The average molecular weight is 318 g/mol. The summed E-state index contributed by atoms with van der Waals surface area (Å²) >= 11 is 1.47. The van der Waals surface area contributed by atoms with E-state index in [0.29, 0.717) is 17.7 Å². The van der Waals surface area contributed by atoms with Crippen LogP contribution in [0.2, 0.25) is 0 Å². The molecule has 0 spiro atoms. The number of hydrogen-bond donors (Lipinski definition) is 0. The van der Waals surface area contributed by atoms with Crippen molar-refractivity contribution in [2.45, 2.75) is 42.8 Å². The summed E-state index contributed by atoms with van der Waals surface area (Å²) in [6.07, 6.45) is 6.52. The summed E-state index contributed by atoms with van der Waals surface area (Å²) in [6.45, 7) is 0. The van der Waals surface area contributed by atoms with Gasteiger partial charge < -0.3 is 8.98 Å². The second-order valence-electron chi connectivity index (χ2n) is 5.57. The van der Waals surface area contributed by atoms with Gasteiger partial charge in [0.25, 0.3) is 0 Å². The van der Waals surface area contributed by atoms with Crippen molar-refractivity contribution < 1.29 is 9.34 Å². The molecule has 22 heavy (non-hydrogen) atoms. The first-order valence-corrected chi connectivity index (χ1v) is 8.12. The molecule has 8 heteroatoms. The van der Waals surface area contributed by atoms with Gasteiger partial charge in [-0.3, -0.25) is 10.1 Å². The van der Waals surface area contributed by atoms with Crippen molar-refractivity contribution in [3.8, 4) is 0 Å². The van der Waals surface area contributed by atoms with Crippen LogP contribution >= 0.6 is 11.8 Å². The molecule has 7 nitrogen and oxygen atoms in total. The van der Waals surface area contributed by atoms with Crippen LogP contribution in [0.5, 0.6) is 0 Å². The zero-order chi connectivity index (χ0) is 15.1. The summed E-state index contributed by atoms with van der Waals surface area (Å²) in [5.41, 5.74) is 0. The van der Waals surface area contributed by atoms with Crippen LogP contribution in [0.15, 0.2) is 27.1 Å². The molecule has 2 aliphatic carbocycles. The highest BCUT2D eigenvalue weighted by molar-refractivity contribution is 8.02. The van der Waals surface area contributed by atoms with Crippen molar-refractivity contribution in [1.29, 1.82) is 0 Å². The second kappa shape index (κ2) is 5.28. The molecule has 2 aliphatic rings. The number of rotatable bonds is 6. The van der Waals surface area contributed by atoms with Crippen LogP contribution < -0.4 is 0 Å². The standard InChI is InChI=1S/C14H14N4O3S/c19-18(20)12-6-5-11(21-12)7-8-22-14-16-15-13(9-1-2-9)17(14)10-3-4-10/h5-10H,1-4H2/b8-7+. The lowest BCUT2D eigenvalue weighted by Crippen LogP contribution is -2.01. The Hall–Kier alpha value is -2.09. The third-order valence-electron chi connectivity index (χ3n) is 3.74. The number of hydrogen-bond acceptors (Lipinski definition) is 6. The molecule has 4 rings (SSSR count). The van der Waals surface area contributed by atoms with E-state index in [1.807, 2.05) is 5.41 Å². The van der Waals surface area contributed by atoms with Gasteiger partial charge in [-0.25, -0.2) is 0 Å². The van der Waals surface area contributed by atoms with Gasteiger partial charge >= 0.3 is 5.88 Å². The van der Waals surface area contributed by atoms with Crippen LogP contribution in [0.3, 0.4) is 0 Å². The molecule has 0 amide bonds. The third-order valence-corrected chi connectivity index (χ3v) is 4.51. The SMILES string of the molecule is O=[N+]([O-])c1ccc(/C=C/Sc2nnc(C3CC3)n2C2CC2)o1. The Morgan fingerprint density at radius 2 is 2.14 bits per heavy atom. The van der Waals surface area contributed by atoms with Crippen molar-refractivity contribution in [1.82, 2.24) is 14.8 Å². The fraction of sp³-hybridized carbons (Fsp3) is 0.429. The van der Waals surface area contributed by atoms with E-state index in [1.165, 1.54) is 43.5 Å². The fourth-order valence-electron chi connectivity index (χ4n) is 2.36. The Bertz CT molecular complexity index is 743. The van der Waals surface area contributed by atoms with Crippen LogP contribution in [0.25, 0.3) is 6.08 Å². The molecule has 0 aliphatic heterocycles. The lowest BCUT2D eigenvalue weighted by molar-refractivity contribution is -0.402. The maximum absolute atomic E-state index is 10.6. The minimum Gasteiger partial charge on any atom is -0.401 e. The molecule has 2 saturated carbocycles. The average Bonchev–Trinajstić information content (AvgIpc) is 3.43. The summed E-state index contributed by atoms with van der Waals surface area (Å²) in [7, 11) is 0. The summed E-state index contributed by atoms with van der Waals surface area (Å²) in [6, 6.07) is 3.48.